The van der Waals surface area contributed by atoms with Crippen LogP contribution in [-0.2, 0) is 6.18 Å². The Morgan fingerprint density at radius 3 is 2.45 bits per heavy atom. The van der Waals surface area contributed by atoms with E-state index in [9.17, 15) is 23.2 Å². The molecule has 12 heteroatoms. The fourth-order valence-corrected chi connectivity index (χ4v) is 3.27. The Kier molecular flexibility index (Phi) is 5.61. The molecule has 0 radical (unpaired) electrons. The minimum atomic E-state index is -4.84. The quantitative estimate of drug-likeness (QED) is 0.495. The molecule has 1 aromatic carbocycles. The van der Waals surface area contributed by atoms with Crippen molar-refractivity contribution >= 4 is 11.6 Å². The lowest BCUT2D eigenvalue weighted by Crippen LogP contribution is -2.23. The predicted octanol–water partition coefficient (Wildman–Crippen LogP) is 3.61. The average molecular weight is 452 g/mol. The van der Waals surface area contributed by atoms with Crippen molar-refractivity contribution in [1.29, 1.82) is 5.26 Å². The molecule has 1 N–H and O–H groups in total. The smallest absolute Gasteiger partial charge is 0.320 e. The van der Waals surface area contributed by atoms with Gasteiger partial charge in [0.15, 0.2) is 11.5 Å². The molecular formula is C21H15F3N8O. The van der Waals surface area contributed by atoms with Gasteiger partial charge in [-0.2, -0.15) is 33.7 Å². The van der Waals surface area contributed by atoms with Gasteiger partial charge in [-0.25, -0.2) is 4.98 Å². The maximum absolute atomic E-state index is 13.9. The van der Waals surface area contributed by atoms with Crippen molar-refractivity contribution in [2.45, 2.75) is 19.1 Å². The maximum Gasteiger partial charge on any atom is 0.433 e. The molecule has 0 aliphatic carbocycles. The molecule has 4 rings (SSSR count). The molecular weight excluding hydrogens is 437 g/mol. The lowest BCUT2D eigenvalue weighted by atomic mass is 10.1. The van der Waals surface area contributed by atoms with E-state index in [2.05, 4.69) is 25.6 Å². The van der Waals surface area contributed by atoms with Crippen molar-refractivity contribution in [1.82, 2.24) is 29.8 Å². The first-order valence-corrected chi connectivity index (χ1v) is 9.57. The number of carbonyl (C=O) groups excluding carboxylic acids is 1. The van der Waals surface area contributed by atoms with Gasteiger partial charge in [0, 0.05) is 0 Å². The Labute approximate surface area is 185 Å². The summed E-state index contributed by atoms with van der Waals surface area (Å²) in [7, 11) is 0. The summed E-state index contributed by atoms with van der Waals surface area (Å²) >= 11 is 0. The van der Waals surface area contributed by atoms with E-state index in [0.29, 0.717) is 5.56 Å². The highest BCUT2D eigenvalue weighted by Crippen LogP contribution is 2.35. The summed E-state index contributed by atoms with van der Waals surface area (Å²) < 4.78 is 42.6. The number of amides is 1. The Morgan fingerprint density at radius 2 is 1.82 bits per heavy atom. The molecule has 9 nitrogen and oxygen atoms in total. The third kappa shape index (κ3) is 4.29. The van der Waals surface area contributed by atoms with Gasteiger partial charge < -0.3 is 5.32 Å². The van der Waals surface area contributed by atoms with E-state index < -0.39 is 29.4 Å². The van der Waals surface area contributed by atoms with E-state index in [0.717, 1.165) is 15.7 Å². The number of aromatic nitrogens is 6. The molecule has 4 aromatic rings. The number of halogens is 3. The topological polar surface area (TPSA) is 114 Å². The first-order chi connectivity index (χ1) is 15.8. The normalized spacial score (nSPS) is 12.2. The third-order valence-corrected chi connectivity index (χ3v) is 4.81. The van der Waals surface area contributed by atoms with Gasteiger partial charge in [0.2, 0.25) is 0 Å². The first-order valence-electron chi connectivity index (χ1n) is 9.57. The molecule has 1 amide bonds. The minimum absolute atomic E-state index is 0.0217. The number of nitrogens with zero attached hydrogens (tertiary/aromatic N) is 7. The second-order valence-corrected chi connectivity index (χ2v) is 6.92. The Morgan fingerprint density at radius 1 is 1.12 bits per heavy atom. The summed E-state index contributed by atoms with van der Waals surface area (Å²) in [5.41, 5.74) is -1.18. The largest absolute Gasteiger partial charge is 0.433 e. The molecule has 1 atom stereocenters. The Balaban J connectivity index is 1.67. The van der Waals surface area contributed by atoms with Gasteiger partial charge >= 0.3 is 6.18 Å². The SMILES string of the molecule is CC(c1ccccc1)n1ncc(C(=O)Nc2cnc(-n3nccn3)c(C#N)c2)c1C(F)(F)F. The van der Waals surface area contributed by atoms with Crippen LogP contribution in [0.5, 0.6) is 0 Å². The van der Waals surface area contributed by atoms with E-state index >= 15 is 0 Å². The van der Waals surface area contributed by atoms with Gasteiger partial charge in [-0.05, 0) is 18.6 Å². The van der Waals surface area contributed by atoms with Crippen LogP contribution in [0.4, 0.5) is 18.9 Å². The van der Waals surface area contributed by atoms with E-state index in [-0.39, 0.29) is 17.1 Å². The molecule has 0 fully saturated rings. The number of benzene rings is 1. The number of nitriles is 1. The lowest BCUT2D eigenvalue weighted by molar-refractivity contribution is -0.144. The summed E-state index contributed by atoms with van der Waals surface area (Å²) in [4.78, 5) is 17.9. The van der Waals surface area contributed by atoms with Crippen LogP contribution < -0.4 is 5.32 Å². The highest BCUT2D eigenvalue weighted by Gasteiger charge is 2.41. The van der Waals surface area contributed by atoms with Gasteiger partial charge in [-0.15, -0.1) is 4.80 Å². The zero-order valence-electron chi connectivity index (χ0n) is 17.0. The van der Waals surface area contributed by atoms with Crippen LogP contribution in [0.25, 0.3) is 5.82 Å². The molecule has 33 heavy (non-hydrogen) atoms. The number of anilines is 1. The second-order valence-electron chi connectivity index (χ2n) is 6.92. The van der Waals surface area contributed by atoms with Crippen molar-refractivity contribution in [2.24, 2.45) is 0 Å². The number of alkyl halides is 3. The molecule has 0 aliphatic heterocycles. The molecule has 0 saturated carbocycles. The van der Waals surface area contributed by atoms with Crippen LogP contribution in [0.3, 0.4) is 0 Å². The highest BCUT2D eigenvalue weighted by atomic mass is 19.4. The molecule has 3 aromatic heterocycles. The van der Waals surface area contributed by atoms with Gasteiger partial charge in [-0.1, -0.05) is 30.3 Å². The minimum Gasteiger partial charge on any atom is -0.320 e. The predicted molar refractivity (Wildman–Crippen MR) is 109 cm³/mol. The summed E-state index contributed by atoms with van der Waals surface area (Å²) in [6.45, 7) is 1.56. The van der Waals surface area contributed by atoms with Gasteiger partial charge in [0.1, 0.15) is 11.6 Å². The average Bonchev–Trinajstić information content (AvgIpc) is 3.49. The van der Waals surface area contributed by atoms with Gasteiger partial charge in [-0.3, -0.25) is 9.48 Å². The number of carbonyl (C=O) groups is 1. The summed E-state index contributed by atoms with van der Waals surface area (Å²) in [6, 6.07) is 10.9. The lowest BCUT2D eigenvalue weighted by Gasteiger charge is -2.18. The third-order valence-electron chi connectivity index (χ3n) is 4.81. The maximum atomic E-state index is 13.9. The summed E-state index contributed by atoms with van der Waals surface area (Å²) in [6.07, 6.45) is 0.0223. The first kappa shape index (κ1) is 21.7. The van der Waals surface area contributed by atoms with Crippen molar-refractivity contribution < 1.29 is 18.0 Å². The fraction of sp³-hybridized carbons (Fsp3) is 0.143. The monoisotopic (exact) mass is 452 g/mol. The van der Waals surface area contributed by atoms with Gasteiger partial charge in [0.25, 0.3) is 5.91 Å². The Hall–Kier alpha value is -4.53. The van der Waals surface area contributed by atoms with Crippen molar-refractivity contribution in [3.05, 3.63) is 83.6 Å². The highest BCUT2D eigenvalue weighted by molar-refractivity contribution is 6.05. The van der Waals surface area contributed by atoms with Crippen molar-refractivity contribution in [2.75, 3.05) is 5.32 Å². The molecule has 0 spiro atoms. The van der Waals surface area contributed by atoms with Gasteiger partial charge in [0.05, 0.1) is 42.1 Å². The van der Waals surface area contributed by atoms with Crippen molar-refractivity contribution in [3.63, 3.8) is 0 Å². The van der Waals surface area contributed by atoms with E-state index in [4.69, 9.17) is 0 Å². The van der Waals surface area contributed by atoms with Crippen LogP contribution in [0, 0.1) is 11.3 Å². The molecule has 3 heterocycles. The van der Waals surface area contributed by atoms with E-state index in [1.807, 2.05) is 6.07 Å². The summed E-state index contributed by atoms with van der Waals surface area (Å²) in [5.74, 6) is -0.925. The van der Waals surface area contributed by atoms with Crippen LogP contribution >= 0.6 is 0 Å². The Bertz CT molecular complexity index is 1320. The number of rotatable bonds is 5. The molecule has 0 aliphatic rings. The molecule has 0 bridgehead atoms. The molecule has 0 saturated heterocycles. The number of hydrogen-bond donors (Lipinski definition) is 1. The molecule has 166 valence electrons. The van der Waals surface area contributed by atoms with Crippen LogP contribution in [0.15, 0.2) is 61.2 Å². The standard InChI is InChI=1S/C21H15F3N8O/c1-13(14-5-3-2-4-6-14)31-18(21(22,23)24)17(12-29-31)20(33)30-16-9-15(10-25)19(26-11-16)32-27-7-8-28-32/h2-9,11-13H,1H3,(H,30,33). The second kappa shape index (κ2) is 8.54. The fourth-order valence-electron chi connectivity index (χ4n) is 3.27. The van der Waals surface area contributed by atoms with Crippen LogP contribution in [0.1, 0.15) is 40.1 Å². The summed E-state index contributed by atoms with van der Waals surface area (Å²) in [5, 5.41) is 23.4. The number of pyridine rings is 1. The zero-order valence-corrected chi connectivity index (χ0v) is 17.0. The van der Waals surface area contributed by atoms with E-state index in [1.165, 1.54) is 24.7 Å². The van der Waals surface area contributed by atoms with Crippen LogP contribution in [-0.4, -0.2) is 35.7 Å². The van der Waals surface area contributed by atoms with Crippen molar-refractivity contribution in [3.8, 4) is 11.9 Å². The number of nitrogens with one attached hydrogen (secondary N) is 1. The van der Waals surface area contributed by atoms with E-state index in [1.54, 1.807) is 37.3 Å². The molecule has 1 unspecified atom stereocenters. The van der Waals surface area contributed by atoms with Crippen LogP contribution in [0.2, 0.25) is 0 Å². The number of hydrogen-bond acceptors (Lipinski definition) is 6. The zero-order chi connectivity index (χ0) is 23.6.